The third-order valence-corrected chi connectivity index (χ3v) is 11.1. The minimum Gasteiger partial charge on any atom is -0.366 e. The summed E-state index contributed by atoms with van der Waals surface area (Å²) >= 11 is 0.720. The summed E-state index contributed by atoms with van der Waals surface area (Å²) in [5, 5.41) is 7.23. The van der Waals surface area contributed by atoms with Crippen LogP contribution in [0.25, 0.3) is 16.3 Å². The van der Waals surface area contributed by atoms with Gasteiger partial charge in [-0.25, -0.2) is 31.7 Å². The molecule has 5 heterocycles. The first kappa shape index (κ1) is 30.1. The molecule has 2 aliphatic heterocycles. The number of nitrogens with zero attached hydrogens (tertiary/aromatic N) is 8. The minimum absolute atomic E-state index is 0.0266. The van der Waals surface area contributed by atoms with Gasteiger partial charge in [-0.05, 0) is 59.2 Å². The minimum atomic E-state index is -3.92. The van der Waals surface area contributed by atoms with Gasteiger partial charge < -0.3 is 19.6 Å². The zero-order chi connectivity index (χ0) is 30.7. The number of piperazine rings is 1. The van der Waals surface area contributed by atoms with Gasteiger partial charge >= 0.3 is 6.03 Å². The van der Waals surface area contributed by atoms with Crippen LogP contribution < -0.4 is 9.62 Å². The topological polar surface area (TPSA) is 119 Å². The lowest BCUT2D eigenvalue weighted by molar-refractivity contribution is 0.104. The SMILES string of the molecule is C[C@H]1CN(c2cc(S(=O)(=O)NC3(C)CC3)cn3c(-c4nnc(C(F)F)s4)ncc23)C[C@H](C)N1C(=O)N(C)CCN1CCC1. The van der Waals surface area contributed by atoms with Gasteiger partial charge in [-0.1, -0.05) is 11.3 Å². The number of hydrogen-bond donors (Lipinski definition) is 1. The number of nitrogens with one attached hydrogen (secondary N) is 1. The number of sulfonamides is 1. The molecule has 2 amide bonds. The Hall–Kier alpha value is -2.95. The van der Waals surface area contributed by atoms with E-state index in [4.69, 9.17) is 0 Å². The number of aromatic nitrogens is 4. The van der Waals surface area contributed by atoms with E-state index in [-0.39, 0.29) is 33.8 Å². The lowest BCUT2D eigenvalue weighted by Gasteiger charge is -2.46. The lowest BCUT2D eigenvalue weighted by atomic mass is 10.1. The van der Waals surface area contributed by atoms with E-state index < -0.39 is 27.0 Å². The molecule has 2 saturated heterocycles. The summed E-state index contributed by atoms with van der Waals surface area (Å²) in [4.78, 5) is 26.0. The molecule has 1 N–H and O–H groups in total. The molecule has 0 aromatic carbocycles. The molecule has 3 aromatic rings. The summed E-state index contributed by atoms with van der Waals surface area (Å²) in [6.07, 6.45) is 2.97. The first-order chi connectivity index (χ1) is 20.3. The van der Waals surface area contributed by atoms with E-state index in [1.165, 1.54) is 12.6 Å². The van der Waals surface area contributed by atoms with Crippen molar-refractivity contribution in [1.82, 2.24) is 39.0 Å². The maximum atomic E-state index is 13.6. The van der Waals surface area contributed by atoms with Crippen LogP contribution in [0.4, 0.5) is 19.3 Å². The summed E-state index contributed by atoms with van der Waals surface area (Å²) in [6, 6.07) is 1.29. The van der Waals surface area contributed by atoms with E-state index in [1.807, 2.05) is 32.7 Å². The molecule has 0 spiro atoms. The van der Waals surface area contributed by atoms with Gasteiger partial charge in [0.2, 0.25) is 10.0 Å². The number of hydrogen-bond acceptors (Lipinski definition) is 9. The summed E-state index contributed by atoms with van der Waals surface area (Å²) < 4.78 is 58.1. The predicted molar refractivity (Wildman–Crippen MR) is 159 cm³/mol. The van der Waals surface area contributed by atoms with Crippen LogP contribution >= 0.6 is 11.3 Å². The molecular weight excluding hydrogens is 600 g/mol. The second-order valence-electron chi connectivity index (χ2n) is 12.2. The van der Waals surface area contributed by atoms with E-state index in [0.717, 1.165) is 43.8 Å². The summed E-state index contributed by atoms with van der Waals surface area (Å²) in [5.41, 5.74) is 0.734. The monoisotopic (exact) mass is 637 g/mol. The molecule has 1 aliphatic carbocycles. The van der Waals surface area contributed by atoms with Gasteiger partial charge in [0.25, 0.3) is 6.43 Å². The van der Waals surface area contributed by atoms with E-state index in [9.17, 15) is 22.0 Å². The number of halogens is 2. The van der Waals surface area contributed by atoms with E-state index in [1.54, 1.807) is 21.6 Å². The normalized spacial score (nSPS) is 22.3. The van der Waals surface area contributed by atoms with Gasteiger partial charge in [0.15, 0.2) is 15.8 Å². The van der Waals surface area contributed by atoms with Crippen molar-refractivity contribution in [2.24, 2.45) is 0 Å². The van der Waals surface area contributed by atoms with Crippen LogP contribution in [0.3, 0.4) is 0 Å². The smallest absolute Gasteiger partial charge is 0.320 e. The molecular formula is C27H37F2N9O3S2. The average molecular weight is 638 g/mol. The number of amides is 2. The molecule has 43 heavy (non-hydrogen) atoms. The van der Waals surface area contributed by atoms with Crippen molar-refractivity contribution in [1.29, 1.82) is 0 Å². The van der Waals surface area contributed by atoms with Crippen molar-refractivity contribution in [3.05, 3.63) is 23.5 Å². The fourth-order valence-electron chi connectivity index (χ4n) is 5.78. The Morgan fingerprint density at radius 3 is 2.49 bits per heavy atom. The van der Waals surface area contributed by atoms with Crippen molar-refractivity contribution in [2.75, 3.05) is 51.2 Å². The molecule has 3 aliphatic rings. The number of likely N-dealkylation sites (N-methyl/N-ethyl adjacent to an activating group) is 1. The number of alkyl halides is 2. The average Bonchev–Trinajstić information content (AvgIpc) is 3.28. The molecule has 3 aromatic heterocycles. The third kappa shape index (κ3) is 5.93. The molecule has 2 atom stereocenters. The second-order valence-corrected chi connectivity index (χ2v) is 14.9. The van der Waals surface area contributed by atoms with Crippen LogP contribution in [0.1, 0.15) is 51.5 Å². The van der Waals surface area contributed by atoms with E-state index in [2.05, 4.69) is 29.7 Å². The number of fused-ring (bicyclic) bond motifs is 1. The van der Waals surface area contributed by atoms with Crippen molar-refractivity contribution in [3.63, 3.8) is 0 Å². The number of likely N-dealkylation sites (tertiary alicyclic amines) is 1. The van der Waals surface area contributed by atoms with Crippen LogP contribution in [0.5, 0.6) is 0 Å². The van der Waals surface area contributed by atoms with Crippen molar-refractivity contribution in [3.8, 4) is 10.8 Å². The highest BCUT2D eigenvalue weighted by Gasteiger charge is 2.42. The summed E-state index contributed by atoms with van der Waals surface area (Å²) in [7, 11) is -2.09. The van der Waals surface area contributed by atoms with Crippen LogP contribution in [-0.4, -0.2) is 113 Å². The summed E-state index contributed by atoms with van der Waals surface area (Å²) in [6.45, 7) is 10.4. The van der Waals surface area contributed by atoms with Crippen LogP contribution in [0.2, 0.25) is 0 Å². The Balaban J connectivity index is 1.33. The van der Waals surface area contributed by atoms with Crippen LogP contribution in [0.15, 0.2) is 23.4 Å². The Bertz CT molecular complexity index is 1610. The molecule has 6 rings (SSSR count). The number of pyridine rings is 1. The van der Waals surface area contributed by atoms with E-state index in [0.29, 0.717) is 30.8 Å². The maximum absolute atomic E-state index is 13.6. The third-order valence-electron chi connectivity index (χ3n) is 8.61. The molecule has 0 bridgehead atoms. The molecule has 12 nitrogen and oxygen atoms in total. The molecule has 0 unspecified atom stereocenters. The Kier molecular flexibility index (Phi) is 7.84. The van der Waals surface area contributed by atoms with Gasteiger partial charge in [-0.2, -0.15) is 0 Å². The summed E-state index contributed by atoms with van der Waals surface area (Å²) in [5.74, 6) is 0.231. The standard InChI is InChI=1S/C27H37F2N9O3S2/c1-17-14-36(15-18(2)38(17)26(39)34(4)10-11-35-8-5-9-35)20-12-19(43(40,41)33-27(3)6-7-27)16-37-21(20)13-30-23(37)25-32-31-24(42-25)22(28)29/h12-13,16-18,22,33H,5-11,14-15H2,1-4H3/t17-,18-/m0/s1. The number of anilines is 1. The molecule has 3 fully saturated rings. The Morgan fingerprint density at radius 1 is 1.21 bits per heavy atom. The second kappa shape index (κ2) is 11.2. The van der Waals surface area contributed by atoms with Gasteiger partial charge in [-0.15, -0.1) is 10.2 Å². The Morgan fingerprint density at radius 2 is 1.91 bits per heavy atom. The fourth-order valence-corrected chi connectivity index (χ4v) is 7.96. The molecule has 234 valence electrons. The molecule has 1 saturated carbocycles. The van der Waals surface area contributed by atoms with Gasteiger partial charge in [-0.3, -0.25) is 4.40 Å². The quantitative estimate of drug-likeness (QED) is 0.380. The van der Waals surface area contributed by atoms with Crippen LogP contribution in [0, 0.1) is 0 Å². The molecule has 0 radical (unpaired) electrons. The largest absolute Gasteiger partial charge is 0.366 e. The number of carbonyl (C=O) groups is 1. The van der Waals surface area contributed by atoms with Crippen molar-refractivity contribution < 1.29 is 22.0 Å². The highest BCUT2D eigenvalue weighted by atomic mass is 32.2. The maximum Gasteiger partial charge on any atom is 0.320 e. The highest BCUT2D eigenvalue weighted by Crippen LogP contribution is 2.38. The number of carbonyl (C=O) groups excluding carboxylic acids is 1. The number of rotatable bonds is 9. The zero-order valence-electron chi connectivity index (χ0n) is 24.7. The van der Waals surface area contributed by atoms with Crippen LogP contribution in [-0.2, 0) is 10.0 Å². The first-order valence-electron chi connectivity index (χ1n) is 14.5. The van der Waals surface area contributed by atoms with Crippen molar-refractivity contribution >= 4 is 38.6 Å². The van der Waals surface area contributed by atoms with Gasteiger partial charge in [0.05, 0.1) is 17.4 Å². The first-order valence-corrected chi connectivity index (χ1v) is 16.8. The van der Waals surface area contributed by atoms with E-state index >= 15 is 0 Å². The lowest BCUT2D eigenvalue weighted by Crippen LogP contribution is -2.61. The number of imidazole rings is 1. The fraction of sp³-hybridized carbons (Fsp3) is 0.630. The van der Waals surface area contributed by atoms with Gasteiger partial charge in [0.1, 0.15) is 4.90 Å². The zero-order valence-corrected chi connectivity index (χ0v) is 26.3. The number of urea groups is 1. The predicted octanol–water partition coefficient (Wildman–Crippen LogP) is 3.28. The Labute approximate surface area is 253 Å². The molecule has 16 heteroatoms. The van der Waals surface area contributed by atoms with Gasteiger partial charge in [0, 0.05) is 57.0 Å². The highest BCUT2D eigenvalue weighted by molar-refractivity contribution is 7.89. The van der Waals surface area contributed by atoms with Crippen molar-refractivity contribution in [2.45, 2.75) is 69.0 Å².